The lowest BCUT2D eigenvalue weighted by Gasteiger charge is -2.19. The van der Waals surface area contributed by atoms with Gasteiger partial charge in [0.05, 0.1) is 27.5 Å². The van der Waals surface area contributed by atoms with Crippen LogP contribution in [0, 0.1) is 0 Å². The SMILES string of the molecule is CC(O)c1cnc(C2CCCS(=O)(=O)C2)s1. The van der Waals surface area contributed by atoms with Gasteiger partial charge in [-0.1, -0.05) is 0 Å². The second kappa shape index (κ2) is 4.43. The molecule has 2 rings (SSSR count). The van der Waals surface area contributed by atoms with Gasteiger partial charge in [-0.3, -0.25) is 0 Å². The molecule has 1 fully saturated rings. The topological polar surface area (TPSA) is 67.3 Å². The Labute approximate surface area is 99.3 Å². The normalized spacial score (nSPS) is 26.5. The number of aliphatic hydroxyl groups is 1. The number of aromatic nitrogens is 1. The number of hydrogen-bond donors (Lipinski definition) is 1. The van der Waals surface area contributed by atoms with E-state index in [0.29, 0.717) is 5.75 Å². The van der Waals surface area contributed by atoms with Crippen LogP contribution in [0.3, 0.4) is 0 Å². The number of rotatable bonds is 2. The summed E-state index contributed by atoms with van der Waals surface area (Å²) in [7, 11) is -2.89. The average Bonchev–Trinajstić information content (AvgIpc) is 2.64. The van der Waals surface area contributed by atoms with Gasteiger partial charge in [-0.15, -0.1) is 11.3 Å². The zero-order valence-electron chi connectivity index (χ0n) is 9.09. The summed E-state index contributed by atoms with van der Waals surface area (Å²) < 4.78 is 23.0. The maximum Gasteiger partial charge on any atom is 0.151 e. The molecule has 0 saturated carbocycles. The van der Waals surface area contributed by atoms with Crippen molar-refractivity contribution in [1.82, 2.24) is 4.98 Å². The van der Waals surface area contributed by atoms with Crippen molar-refractivity contribution >= 4 is 21.2 Å². The molecule has 0 bridgehead atoms. The largest absolute Gasteiger partial charge is 0.388 e. The van der Waals surface area contributed by atoms with E-state index < -0.39 is 15.9 Å². The predicted molar refractivity (Wildman–Crippen MR) is 63.4 cm³/mol. The highest BCUT2D eigenvalue weighted by atomic mass is 32.2. The molecule has 0 radical (unpaired) electrons. The Kier molecular flexibility index (Phi) is 3.32. The Morgan fingerprint density at radius 1 is 1.62 bits per heavy atom. The Hall–Kier alpha value is -0.460. The van der Waals surface area contributed by atoms with Crippen molar-refractivity contribution in [2.75, 3.05) is 11.5 Å². The van der Waals surface area contributed by atoms with Crippen LogP contribution in [0.1, 0.15) is 41.7 Å². The fraction of sp³-hybridized carbons (Fsp3) is 0.700. The molecule has 1 N–H and O–H groups in total. The molecular weight excluding hydrogens is 246 g/mol. The summed E-state index contributed by atoms with van der Waals surface area (Å²) in [6, 6.07) is 0. The van der Waals surface area contributed by atoms with Crippen molar-refractivity contribution in [3.05, 3.63) is 16.1 Å². The van der Waals surface area contributed by atoms with Crippen LogP contribution in [0.25, 0.3) is 0 Å². The molecule has 90 valence electrons. The first-order chi connectivity index (χ1) is 7.48. The van der Waals surface area contributed by atoms with E-state index in [-0.39, 0.29) is 11.7 Å². The fourth-order valence-electron chi connectivity index (χ4n) is 1.90. The van der Waals surface area contributed by atoms with E-state index in [2.05, 4.69) is 4.98 Å². The number of aliphatic hydroxyl groups excluding tert-OH is 1. The van der Waals surface area contributed by atoms with Crippen molar-refractivity contribution in [2.24, 2.45) is 0 Å². The van der Waals surface area contributed by atoms with Crippen LogP contribution in [0.4, 0.5) is 0 Å². The average molecular weight is 261 g/mol. The number of thiazole rings is 1. The molecular formula is C10H15NO3S2. The second-order valence-electron chi connectivity index (χ2n) is 4.23. The van der Waals surface area contributed by atoms with Crippen molar-refractivity contribution in [2.45, 2.75) is 31.8 Å². The molecule has 2 heterocycles. The second-order valence-corrected chi connectivity index (χ2v) is 7.55. The summed E-state index contributed by atoms with van der Waals surface area (Å²) in [6.07, 6.45) is 2.72. The van der Waals surface area contributed by atoms with Gasteiger partial charge in [-0.05, 0) is 19.8 Å². The van der Waals surface area contributed by atoms with E-state index in [1.807, 2.05) is 0 Å². The molecule has 0 aliphatic carbocycles. The Bertz CT molecular complexity index is 464. The molecule has 0 aromatic carbocycles. The highest BCUT2D eigenvalue weighted by Gasteiger charge is 2.28. The van der Waals surface area contributed by atoms with Gasteiger partial charge in [0.25, 0.3) is 0 Å². The monoisotopic (exact) mass is 261 g/mol. The van der Waals surface area contributed by atoms with Gasteiger partial charge < -0.3 is 5.11 Å². The molecule has 1 saturated heterocycles. The van der Waals surface area contributed by atoms with Crippen LogP contribution < -0.4 is 0 Å². The van der Waals surface area contributed by atoms with Gasteiger partial charge in [-0.25, -0.2) is 13.4 Å². The lowest BCUT2D eigenvalue weighted by Crippen LogP contribution is -2.23. The molecule has 2 atom stereocenters. The smallest absolute Gasteiger partial charge is 0.151 e. The Morgan fingerprint density at radius 3 is 2.94 bits per heavy atom. The number of nitrogens with zero attached hydrogens (tertiary/aromatic N) is 1. The summed E-state index contributed by atoms with van der Waals surface area (Å²) in [4.78, 5) is 5.02. The van der Waals surface area contributed by atoms with E-state index in [9.17, 15) is 13.5 Å². The first kappa shape index (κ1) is 12.0. The third-order valence-electron chi connectivity index (χ3n) is 2.77. The van der Waals surface area contributed by atoms with E-state index in [1.165, 1.54) is 11.3 Å². The van der Waals surface area contributed by atoms with Crippen molar-refractivity contribution in [3.8, 4) is 0 Å². The van der Waals surface area contributed by atoms with Crippen LogP contribution in [-0.2, 0) is 9.84 Å². The van der Waals surface area contributed by atoms with E-state index in [4.69, 9.17) is 0 Å². The van der Waals surface area contributed by atoms with Crippen LogP contribution in [0.5, 0.6) is 0 Å². The maximum absolute atomic E-state index is 11.5. The molecule has 16 heavy (non-hydrogen) atoms. The van der Waals surface area contributed by atoms with E-state index in [1.54, 1.807) is 13.1 Å². The Balaban J connectivity index is 2.17. The minimum Gasteiger partial charge on any atom is -0.388 e. The molecule has 1 aromatic heterocycles. The molecule has 2 unspecified atom stereocenters. The van der Waals surface area contributed by atoms with Gasteiger partial charge in [0.15, 0.2) is 9.84 Å². The maximum atomic E-state index is 11.5. The highest BCUT2D eigenvalue weighted by Crippen LogP contribution is 2.32. The zero-order valence-corrected chi connectivity index (χ0v) is 10.7. The zero-order chi connectivity index (χ0) is 11.8. The van der Waals surface area contributed by atoms with Crippen LogP contribution in [0.2, 0.25) is 0 Å². The van der Waals surface area contributed by atoms with Gasteiger partial charge in [0.2, 0.25) is 0 Å². The van der Waals surface area contributed by atoms with Crippen molar-refractivity contribution < 1.29 is 13.5 Å². The first-order valence-corrected chi connectivity index (χ1v) is 7.96. The molecule has 1 aliphatic rings. The third-order valence-corrected chi connectivity index (χ3v) is 5.92. The molecule has 1 aromatic rings. The van der Waals surface area contributed by atoms with Crippen LogP contribution >= 0.6 is 11.3 Å². The fourth-order valence-corrected chi connectivity index (χ4v) is 4.71. The number of hydrogen-bond acceptors (Lipinski definition) is 5. The van der Waals surface area contributed by atoms with Gasteiger partial charge in [-0.2, -0.15) is 0 Å². The molecule has 1 aliphatic heterocycles. The highest BCUT2D eigenvalue weighted by molar-refractivity contribution is 7.91. The molecule has 6 heteroatoms. The lowest BCUT2D eigenvalue weighted by molar-refractivity contribution is 0.203. The molecule has 0 spiro atoms. The standard InChI is InChI=1S/C10H15NO3S2/c1-7(12)9-5-11-10(15-9)8-3-2-4-16(13,14)6-8/h5,7-8,12H,2-4,6H2,1H3. The van der Waals surface area contributed by atoms with Gasteiger partial charge in [0.1, 0.15) is 0 Å². The first-order valence-electron chi connectivity index (χ1n) is 5.32. The third kappa shape index (κ3) is 2.61. The van der Waals surface area contributed by atoms with E-state index in [0.717, 1.165) is 22.7 Å². The summed E-state index contributed by atoms with van der Waals surface area (Å²) in [6.45, 7) is 1.69. The van der Waals surface area contributed by atoms with Gasteiger partial charge >= 0.3 is 0 Å². The summed E-state index contributed by atoms with van der Waals surface area (Å²) in [5, 5.41) is 10.2. The van der Waals surface area contributed by atoms with Crippen LogP contribution in [-0.4, -0.2) is 30.0 Å². The minimum absolute atomic E-state index is 0.0243. The lowest BCUT2D eigenvalue weighted by atomic mass is 10.1. The minimum atomic E-state index is -2.89. The number of sulfone groups is 1. The summed E-state index contributed by atoms with van der Waals surface area (Å²) >= 11 is 1.42. The van der Waals surface area contributed by atoms with Crippen molar-refractivity contribution in [1.29, 1.82) is 0 Å². The van der Waals surface area contributed by atoms with E-state index >= 15 is 0 Å². The molecule has 4 nitrogen and oxygen atoms in total. The van der Waals surface area contributed by atoms with Crippen LogP contribution in [0.15, 0.2) is 6.20 Å². The molecule has 0 amide bonds. The summed E-state index contributed by atoms with van der Waals surface area (Å²) in [5.74, 6) is 0.536. The van der Waals surface area contributed by atoms with Gasteiger partial charge in [0, 0.05) is 12.1 Å². The predicted octanol–water partition coefficient (Wildman–Crippen LogP) is 1.49. The quantitative estimate of drug-likeness (QED) is 0.876. The Morgan fingerprint density at radius 2 is 2.38 bits per heavy atom. The van der Waals surface area contributed by atoms with Crippen molar-refractivity contribution in [3.63, 3.8) is 0 Å². The summed E-state index contributed by atoms with van der Waals surface area (Å²) in [5.41, 5.74) is 0.